The van der Waals surface area contributed by atoms with Gasteiger partial charge in [-0.1, -0.05) is 36.2 Å². The molecule has 0 aliphatic carbocycles. The van der Waals surface area contributed by atoms with E-state index in [1.165, 1.54) is 0 Å². The van der Waals surface area contributed by atoms with E-state index >= 15 is 0 Å². The zero-order valence-electron chi connectivity index (χ0n) is 14.1. The van der Waals surface area contributed by atoms with Crippen LogP contribution >= 0.6 is 23.2 Å². The number of carbonyl (C=O) groups is 1. The molecule has 2 rings (SSSR count). The number of hydrogen-bond donors (Lipinski definition) is 1. The van der Waals surface area contributed by atoms with Crippen LogP contribution in [0.25, 0.3) is 0 Å². The first kappa shape index (κ1) is 18.8. The van der Waals surface area contributed by atoms with Crippen molar-refractivity contribution in [3.8, 4) is 0 Å². The van der Waals surface area contributed by atoms with Crippen LogP contribution in [0.4, 0.5) is 5.69 Å². The molecule has 2 aromatic rings. The number of hydrogen-bond acceptors (Lipinski definition) is 3. The highest BCUT2D eigenvalue weighted by atomic mass is 35.5. The fraction of sp³-hybridized carbons (Fsp3) is 0.412. The van der Waals surface area contributed by atoms with Crippen LogP contribution in [-0.2, 0) is 17.8 Å². The van der Waals surface area contributed by atoms with Crippen LogP contribution in [0.15, 0.2) is 30.6 Å². The van der Waals surface area contributed by atoms with Gasteiger partial charge in [0.25, 0.3) is 0 Å². The number of likely N-dealkylation sites (N-methyl/N-ethyl adjacent to an activating group) is 1. The molecule has 1 aromatic heterocycles. The number of benzene rings is 1. The van der Waals surface area contributed by atoms with E-state index in [1.54, 1.807) is 18.3 Å². The van der Waals surface area contributed by atoms with Crippen molar-refractivity contribution in [3.63, 3.8) is 0 Å². The molecule has 1 unspecified atom stereocenters. The fourth-order valence-electron chi connectivity index (χ4n) is 2.23. The molecule has 1 N–H and O–H groups in total. The number of nitrogens with one attached hydrogen (secondary N) is 1. The van der Waals surface area contributed by atoms with E-state index < -0.39 is 0 Å². The molecule has 7 heteroatoms. The number of rotatable bonds is 7. The van der Waals surface area contributed by atoms with Crippen molar-refractivity contribution in [3.05, 3.63) is 46.2 Å². The molecule has 0 radical (unpaired) electrons. The third-order valence-electron chi connectivity index (χ3n) is 3.67. The molecule has 24 heavy (non-hydrogen) atoms. The van der Waals surface area contributed by atoms with Gasteiger partial charge in [0.2, 0.25) is 5.91 Å². The standard InChI is InChI=1S/C17H22Cl2N4O/c1-12(8-13-4-5-14(18)9-16(13)19)17(24)21-15-10-20-23(11-15)7-6-22(2)3/h4-5,9-12H,6-8H2,1-3H3,(H,21,24). The molecule has 0 fully saturated rings. The lowest BCUT2D eigenvalue weighted by Crippen LogP contribution is -2.22. The minimum Gasteiger partial charge on any atom is -0.323 e. The van der Waals surface area contributed by atoms with Crippen LogP contribution in [0.2, 0.25) is 10.0 Å². The Hall–Kier alpha value is -1.56. The van der Waals surface area contributed by atoms with Gasteiger partial charge in [0, 0.05) is 28.7 Å². The Bertz CT molecular complexity index is 700. The smallest absolute Gasteiger partial charge is 0.227 e. The molecular formula is C17H22Cl2N4O. The normalized spacial score (nSPS) is 12.4. The summed E-state index contributed by atoms with van der Waals surface area (Å²) in [7, 11) is 4.02. The molecule has 5 nitrogen and oxygen atoms in total. The molecule has 1 amide bonds. The second-order valence-electron chi connectivity index (χ2n) is 6.13. The van der Waals surface area contributed by atoms with E-state index in [-0.39, 0.29) is 11.8 Å². The van der Waals surface area contributed by atoms with Crippen molar-refractivity contribution in [2.24, 2.45) is 5.92 Å². The van der Waals surface area contributed by atoms with E-state index in [4.69, 9.17) is 23.2 Å². The fourth-order valence-corrected chi connectivity index (χ4v) is 2.71. The maximum Gasteiger partial charge on any atom is 0.227 e. The Morgan fingerprint density at radius 2 is 2.12 bits per heavy atom. The van der Waals surface area contributed by atoms with E-state index in [1.807, 2.05) is 38.0 Å². The van der Waals surface area contributed by atoms with Gasteiger partial charge in [-0.3, -0.25) is 9.48 Å². The number of anilines is 1. The molecule has 130 valence electrons. The molecular weight excluding hydrogens is 347 g/mol. The molecule has 0 bridgehead atoms. The van der Waals surface area contributed by atoms with Gasteiger partial charge in [0.1, 0.15) is 0 Å². The number of aromatic nitrogens is 2. The lowest BCUT2D eigenvalue weighted by atomic mass is 10.0. The van der Waals surface area contributed by atoms with Crippen LogP contribution in [0, 0.1) is 5.92 Å². The zero-order valence-corrected chi connectivity index (χ0v) is 15.6. The minimum absolute atomic E-state index is 0.0619. The monoisotopic (exact) mass is 368 g/mol. The van der Waals surface area contributed by atoms with Gasteiger partial charge >= 0.3 is 0 Å². The third-order valence-corrected chi connectivity index (χ3v) is 4.25. The average molecular weight is 369 g/mol. The van der Waals surface area contributed by atoms with Crippen LogP contribution in [0.5, 0.6) is 0 Å². The summed E-state index contributed by atoms with van der Waals surface area (Å²) in [6.45, 7) is 3.54. The van der Waals surface area contributed by atoms with Crippen molar-refractivity contribution in [2.45, 2.75) is 19.9 Å². The summed E-state index contributed by atoms with van der Waals surface area (Å²) in [5, 5.41) is 8.31. The summed E-state index contributed by atoms with van der Waals surface area (Å²) >= 11 is 12.1. The first-order valence-electron chi connectivity index (χ1n) is 7.77. The van der Waals surface area contributed by atoms with Crippen molar-refractivity contribution in [1.82, 2.24) is 14.7 Å². The molecule has 1 atom stereocenters. The summed E-state index contributed by atoms with van der Waals surface area (Å²) in [5.41, 5.74) is 1.61. The summed E-state index contributed by atoms with van der Waals surface area (Å²) in [5.74, 6) is -0.276. The molecule has 0 aliphatic rings. The number of amides is 1. The van der Waals surface area contributed by atoms with E-state index in [0.29, 0.717) is 22.2 Å². The van der Waals surface area contributed by atoms with Crippen LogP contribution < -0.4 is 5.32 Å². The minimum atomic E-state index is -0.214. The Morgan fingerprint density at radius 1 is 1.38 bits per heavy atom. The first-order chi connectivity index (χ1) is 11.3. The highest BCUT2D eigenvalue weighted by Crippen LogP contribution is 2.23. The van der Waals surface area contributed by atoms with Crippen molar-refractivity contribution < 1.29 is 4.79 Å². The van der Waals surface area contributed by atoms with Crippen molar-refractivity contribution >= 4 is 34.8 Å². The Kier molecular flexibility index (Phi) is 6.66. The third kappa shape index (κ3) is 5.51. The molecule has 0 spiro atoms. The Morgan fingerprint density at radius 3 is 2.79 bits per heavy atom. The first-order valence-corrected chi connectivity index (χ1v) is 8.52. The maximum absolute atomic E-state index is 12.3. The highest BCUT2D eigenvalue weighted by molar-refractivity contribution is 6.35. The van der Waals surface area contributed by atoms with E-state index in [9.17, 15) is 4.79 Å². The van der Waals surface area contributed by atoms with Crippen molar-refractivity contribution in [2.75, 3.05) is 26.0 Å². The molecule has 0 saturated heterocycles. The lowest BCUT2D eigenvalue weighted by molar-refractivity contribution is -0.119. The second-order valence-corrected chi connectivity index (χ2v) is 6.97. The van der Waals surface area contributed by atoms with E-state index in [0.717, 1.165) is 18.7 Å². The van der Waals surface area contributed by atoms with Crippen LogP contribution in [-0.4, -0.2) is 41.2 Å². The number of halogens is 2. The lowest BCUT2D eigenvalue weighted by Gasteiger charge is -2.12. The van der Waals surface area contributed by atoms with Gasteiger partial charge in [-0.05, 0) is 38.2 Å². The van der Waals surface area contributed by atoms with Gasteiger partial charge in [0.15, 0.2) is 0 Å². The SMILES string of the molecule is CC(Cc1ccc(Cl)cc1Cl)C(=O)Nc1cnn(CCN(C)C)c1. The number of nitrogens with zero attached hydrogens (tertiary/aromatic N) is 3. The summed E-state index contributed by atoms with van der Waals surface area (Å²) in [6, 6.07) is 5.33. The largest absolute Gasteiger partial charge is 0.323 e. The Labute approximate surface area is 152 Å². The molecule has 1 heterocycles. The zero-order chi connectivity index (χ0) is 17.7. The molecule has 0 aliphatic heterocycles. The topological polar surface area (TPSA) is 50.2 Å². The number of carbonyl (C=O) groups excluding carboxylic acids is 1. The quantitative estimate of drug-likeness (QED) is 0.812. The summed E-state index contributed by atoms with van der Waals surface area (Å²) in [4.78, 5) is 14.4. The van der Waals surface area contributed by atoms with Crippen LogP contribution in [0.3, 0.4) is 0 Å². The summed E-state index contributed by atoms with van der Waals surface area (Å²) in [6.07, 6.45) is 4.05. The van der Waals surface area contributed by atoms with E-state index in [2.05, 4.69) is 15.3 Å². The van der Waals surface area contributed by atoms with Gasteiger partial charge < -0.3 is 10.2 Å². The average Bonchev–Trinajstić information content (AvgIpc) is 2.95. The second kappa shape index (κ2) is 8.51. The van der Waals surface area contributed by atoms with Crippen LogP contribution in [0.1, 0.15) is 12.5 Å². The van der Waals surface area contributed by atoms with Gasteiger partial charge in [0.05, 0.1) is 18.4 Å². The predicted octanol–water partition coefficient (Wildman–Crippen LogP) is 3.57. The maximum atomic E-state index is 12.3. The van der Waals surface area contributed by atoms with Gasteiger partial charge in [-0.2, -0.15) is 5.10 Å². The summed E-state index contributed by atoms with van der Waals surface area (Å²) < 4.78 is 1.82. The predicted molar refractivity (Wildman–Crippen MR) is 98.7 cm³/mol. The molecule has 0 saturated carbocycles. The highest BCUT2D eigenvalue weighted by Gasteiger charge is 2.16. The molecule has 1 aromatic carbocycles. The van der Waals surface area contributed by atoms with Gasteiger partial charge in [-0.25, -0.2) is 0 Å². The Balaban J connectivity index is 1.91. The van der Waals surface area contributed by atoms with Gasteiger partial charge in [-0.15, -0.1) is 0 Å². The van der Waals surface area contributed by atoms with Crippen molar-refractivity contribution in [1.29, 1.82) is 0 Å².